The molecule has 3 rings (SSSR count). The normalized spacial score (nSPS) is 27.8. The molecule has 7 nitrogen and oxygen atoms in total. The maximum atomic E-state index is 9.20. The second kappa shape index (κ2) is 5.44. The fraction of sp³-hybridized carbons (Fsp3) is 0.833. The molecule has 1 aliphatic carbocycles. The van der Waals surface area contributed by atoms with E-state index in [1.165, 1.54) is 12.8 Å². The number of nitrogens with zero attached hydrogens (tertiary/aromatic N) is 3. The molecule has 0 amide bonds. The molecule has 0 radical (unpaired) electrons. The lowest BCUT2D eigenvalue weighted by Gasteiger charge is -2.34. The second-order valence-corrected chi connectivity index (χ2v) is 5.29. The quantitative estimate of drug-likeness (QED) is 0.772. The zero-order valence-corrected chi connectivity index (χ0v) is 11.1. The molecule has 1 saturated heterocycles. The van der Waals surface area contributed by atoms with Crippen LogP contribution in [-0.2, 0) is 11.3 Å². The van der Waals surface area contributed by atoms with E-state index >= 15 is 0 Å². The van der Waals surface area contributed by atoms with Gasteiger partial charge in [0.2, 0.25) is 5.89 Å². The van der Waals surface area contributed by atoms with Gasteiger partial charge in [-0.05, 0) is 19.8 Å². The largest absolute Gasteiger partial charge is 0.407 e. The Morgan fingerprint density at radius 2 is 2.21 bits per heavy atom. The zero-order valence-electron chi connectivity index (χ0n) is 11.1. The van der Waals surface area contributed by atoms with Crippen LogP contribution in [0.25, 0.3) is 0 Å². The third-order valence-electron chi connectivity index (χ3n) is 3.38. The SMILES string of the molecule is CC1CN(c2nnc(CNC3CC3)o2)CC(CO)O1. The van der Waals surface area contributed by atoms with Crippen molar-refractivity contribution in [3.05, 3.63) is 5.89 Å². The molecule has 7 heteroatoms. The Bertz CT molecular complexity index is 421. The van der Waals surface area contributed by atoms with Crippen LogP contribution < -0.4 is 10.2 Å². The van der Waals surface area contributed by atoms with Crippen LogP contribution in [0.5, 0.6) is 0 Å². The highest BCUT2D eigenvalue weighted by Crippen LogP contribution is 2.21. The predicted octanol–water partition coefficient (Wildman–Crippen LogP) is -0.0924. The van der Waals surface area contributed by atoms with Gasteiger partial charge in [-0.15, -0.1) is 5.10 Å². The summed E-state index contributed by atoms with van der Waals surface area (Å²) < 4.78 is 11.2. The molecule has 1 aliphatic heterocycles. The van der Waals surface area contributed by atoms with Crippen molar-refractivity contribution >= 4 is 6.01 Å². The molecule has 2 heterocycles. The number of hydrogen-bond donors (Lipinski definition) is 2. The van der Waals surface area contributed by atoms with Gasteiger partial charge in [-0.1, -0.05) is 5.10 Å². The third kappa shape index (κ3) is 3.23. The molecule has 2 unspecified atom stereocenters. The van der Waals surface area contributed by atoms with E-state index in [2.05, 4.69) is 15.5 Å². The van der Waals surface area contributed by atoms with Crippen LogP contribution in [-0.4, -0.2) is 53.3 Å². The number of hydrogen-bond acceptors (Lipinski definition) is 7. The summed E-state index contributed by atoms with van der Waals surface area (Å²) in [5, 5.41) is 20.7. The molecule has 0 spiro atoms. The topological polar surface area (TPSA) is 83.7 Å². The monoisotopic (exact) mass is 268 g/mol. The van der Waals surface area contributed by atoms with E-state index in [0.717, 1.165) is 0 Å². The van der Waals surface area contributed by atoms with Gasteiger partial charge in [-0.2, -0.15) is 0 Å². The minimum Gasteiger partial charge on any atom is -0.407 e. The molecule has 106 valence electrons. The van der Waals surface area contributed by atoms with Crippen molar-refractivity contribution in [3.8, 4) is 0 Å². The Kier molecular flexibility index (Phi) is 3.67. The van der Waals surface area contributed by atoms with Crippen LogP contribution in [0.4, 0.5) is 6.01 Å². The van der Waals surface area contributed by atoms with Gasteiger partial charge >= 0.3 is 6.01 Å². The standard InChI is InChI=1S/C12H20N4O3/c1-8-5-16(6-10(7-17)18-8)12-15-14-11(19-12)4-13-9-2-3-9/h8-10,13,17H,2-7H2,1H3. The Hall–Kier alpha value is -1.18. The lowest BCUT2D eigenvalue weighted by molar-refractivity contribution is -0.0433. The van der Waals surface area contributed by atoms with E-state index in [4.69, 9.17) is 9.15 Å². The fourth-order valence-corrected chi connectivity index (χ4v) is 2.27. The number of aliphatic hydroxyl groups excluding tert-OH is 1. The van der Waals surface area contributed by atoms with Crippen LogP contribution in [0.2, 0.25) is 0 Å². The number of morpholine rings is 1. The Labute approximate surface area is 111 Å². The minimum atomic E-state index is -0.191. The Morgan fingerprint density at radius 3 is 2.95 bits per heavy atom. The maximum absolute atomic E-state index is 9.20. The van der Waals surface area contributed by atoms with Gasteiger partial charge in [0, 0.05) is 12.6 Å². The summed E-state index contributed by atoms with van der Waals surface area (Å²) >= 11 is 0. The highest BCUT2D eigenvalue weighted by atomic mass is 16.5. The summed E-state index contributed by atoms with van der Waals surface area (Å²) in [7, 11) is 0. The Morgan fingerprint density at radius 1 is 1.37 bits per heavy atom. The first kappa shape index (κ1) is 12.8. The summed E-state index contributed by atoms with van der Waals surface area (Å²) in [6, 6.07) is 1.14. The summed E-state index contributed by atoms with van der Waals surface area (Å²) in [6.45, 7) is 3.89. The average molecular weight is 268 g/mol. The molecule has 1 saturated carbocycles. The van der Waals surface area contributed by atoms with E-state index in [1.54, 1.807) is 0 Å². The number of aromatic nitrogens is 2. The number of ether oxygens (including phenoxy) is 1. The molecule has 19 heavy (non-hydrogen) atoms. The molecule has 2 atom stereocenters. The molecular weight excluding hydrogens is 248 g/mol. The van der Waals surface area contributed by atoms with Gasteiger partial charge < -0.3 is 24.5 Å². The minimum absolute atomic E-state index is 0.00503. The molecule has 1 aromatic heterocycles. The van der Waals surface area contributed by atoms with Crippen LogP contribution >= 0.6 is 0 Å². The molecule has 2 N–H and O–H groups in total. The summed E-state index contributed by atoms with van der Waals surface area (Å²) in [5.41, 5.74) is 0. The van der Waals surface area contributed by atoms with Crippen molar-refractivity contribution in [3.63, 3.8) is 0 Å². The van der Waals surface area contributed by atoms with Gasteiger partial charge in [0.25, 0.3) is 0 Å². The van der Waals surface area contributed by atoms with E-state index in [0.29, 0.717) is 37.6 Å². The first-order valence-electron chi connectivity index (χ1n) is 6.81. The second-order valence-electron chi connectivity index (χ2n) is 5.29. The number of aliphatic hydroxyl groups is 1. The maximum Gasteiger partial charge on any atom is 0.318 e. The van der Waals surface area contributed by atoms with Gasteiger partial charge in [0.15, 0.2) is 0 Å². The van der Waals surface area contributed by atoms with Gasteiger partial charge in [0.05, 0.1) is 31.9 Å². The van der Waals surface area contributed by atoms with Crippen molar-refractivity contribution in [2.24, 2.45) is 0 Å². The smallest absolute Gasteiger partial charge is 0.318 e. The average Bonchev–Trinajstić information content (AvgIpc) is 3.12. The van der Waals surface area contributed by atoms with Crippen LogP contribution in [0.3, 0.4) is 0 Å². The van der Waals surface area contributed by atoms with Crippen molar-refractivity contribution in [2.45, 2.75) is 44.6 Å². The van der Waals surface area contributed by atoms with Crippen LogP contribution in [0, 0.1) is 0 Å². The third-order valence-corrected chi connectivity index (χ3v) is 3.38. The number of rotatable bonds is 5. The van der Waals surface area contributed by atoms with Crippen molar-refractivity contribution in [2.75, 3.05) is 24.6 Å². The van der Waals surface area contributed by atoms with Gasteiger partial charge in [-0.25, -0.2) is 0 Å². The van der Waals surface area contributed by atoms with E-state index in [-0.39, 0.29) is 18.8 Å². The molecule has 0 aromatic carbocycles. The molecule has 1 aromatic rings. The zero-order chi connectivity index (χ0) is 13.2. The first-order chi connectivity index (χ1) is 9.24. The highest BCUT2D eigenvalue weighted by molar-refractivity contribution is 5.25. The molecule has 2 aliphatic rings. The Balaban J connectivity index is 1.60. The van der Waals surface area contributed by atoms with E-state index in [1.807, 2.05) is 11.8 Å². The number of nitrogens with one attached hydrogen (secondary N) is 1. The van der Waals surface area contributed by atoms with Gasteiger partial charge in [-0.3, -0.25) is 0 Å². The molecular formula is C12H20N4O3. The van der Waals surface area contributed by atoms with Crippen molar-refractivity contribution < 1.29 is 14.3 Å². The van der Waals surface area contributed by atoms with Crippen molar-refractivity contribution in [1.29, 1.82) is 0 Å². The lowest BCUT2D eigenvalue weighted by atomic mass is 10.2. The highest BCUT2D eigenvalue weighted by Gasteiger charge is 2.28. The predicted molar refractivity (Wildman–Crippen MR) is 67.8 cm³/mol. The fourth-order valence-electron chi connectivity index (χ4n) is 2.27. The summed E-state index contributed by atoms with van der Waals surface area (Å²) in [5.74, 6) is 0.613. The lowest BCUT2D eigenvalue weighted by Crippen LogP contribution is -2.48. The first-order valence-corrected chi connectivity index (χ1v) is 6.81. The van der Waals surface area contributed by atoms with Gasteiger partial charge in [0.1, 0.15) is 0 Å². The van der Waals surface area contributed by atoms with Crippen LogP contribution in [0.15, 0.2) is 4.42 Å². The summed E-state index contributed by atoms with van der Waals surface area (Å²) in [4.78, 5) is 1.97. The summed E-state index contributed by atoms with van der Waals surface area (Å²) in [6.07, 6.45) is 2.33. The van der Waals surface area contributed by atoms with Crippen molar-refractivity contribution in [1.82, 2.24) is 15.5 Å². The molecule has 0 bridgehead atoms. The van der Waals surface area contributed by atoms with E-state index < -0.39 is 0 Å². The molecule has 2 fully saturated rings. The number of anilines is 1. The van der Waals surface area contributed by atoms with E-state index in [9.17, 15) is 5.11 Å². The van der Waals surface area contributed by atoms with Crippen LogP contribution in [0.1, 0.15) is 25.7 Å².